The number of ether oxygens (including phenoxy) is 1. The van der Waals surface area contributed by atoms with Crippen LogP contribution in [-0.4, -0.2) is 18.3 Å². The van der Waals surface area contributed by atoms with Crippen molar-refractivity contribution in [3.63, 3.8) is 0 Å². The number of aliphatic hydroxyl groups is 1. The van der Waals surface area contributed by atoms with Gasteiger partial charge in [0, 0.05) is 13.2 Å². The Morgan fingerprint density at radius 1 is 1.12 bits per heavy atom. The molecule has 1 saturated heterocycles. The largest absolute Gasteiger partial charge is 0.388 e. The van der Waals surface area contributed by atoms with E-state index in [1.165, 1.54) is 18.4 Å². The maximum atomic E-state index is 10.4. The van der Waals surface area contributed by atoms with Crippen LogP contribution in [0, 0.1) is 5.92 Å². The number of hydrogen-bond donors (Lipinski definition) is 1. The minimum atomic E-state index is -0.308. The molecule has 2 nitrogen and oxygen atoms in total. The van der Waals surface area contributed by atoms with Crippen molar-refractivity contribution >= 4 is 0 Å². The lowest BCUT2D eigenvalue weighted by Crippen LogP contribution is -2.22. The van der Waals surface area contributed by atoms with Gasteiger partial charge in [0.15, 0.2) is 0 Å². The van der Waals surface area contributed by atoms with Crippen LogP contribution in [0.2, 0.25) is 0 Å². The third-order valence-corrected chi connectivity index (χ3v) is 4.01. The Bertz CT molecular complexity index is 378. The molecule has 1 N–H and O–H groups in total. The topological polar surface area (TPSA) is 29.5 Å². The number of hydrogen-bond acceptors (Lipinski definition) is 2. The highest BCUT2D eigenvalue weighted by Gasteiger charge is 2.26. The molecule has 17 heavy (non-hydrogen) atoms. The molecule has 3 rings (SSSR count). The van der Waals surface area contributed by atoms with Gasteiger partial charge >= 0.3 is 0 Å². The highest BCUT2D eigenvalue weighted by atomic mass is 16.5. The summed E-state index contributed by atoms with van der Waals surface area (Å²) in [4.78, 5) is 0. The zero-order chi connectivity index (χ0) is 11.7. The van der Waals surface area contributed by atoms with Crippen LogP contribution in [-0.2, 0) is 4.74 Å². The van der Waals surface area contributed by atoms with E-state index in [0.717, 1.165) is 37.5 Å². The Morgan fingerprint density at radius 2 is 1.88 bits per heavy atom. The van der Waals surface area contributed by atoms with Crippen molar-refractivity contribution in [1.82, 2.24) is 0 Å². The highest BCUT2D eigenvalue weighted by molar-refractivity contribution is 5.30. The molecule has 1 aliphatic heterocycles. The van der Waals surface area contributed by atoms with Crippen LogP contribution in [0.15, 0.2) is 24.3 Å². The predicted octanol–water partition coefficient (Wildman–Crippen LogP) is 3.02. The van der Waals surface area contributed by atoms with Crippen LogP contribution >= 0.6 is 0 Å². The van der Waals surface area contributed by atoms with E-state index in [2.05, 4.69) is 24.3 Å². The van der Waals surface area contributed by atoms with Gasteiger partial charge in [0.05, 0.1) is 6.10 Å². The van der Waals surface area contributed by atoms with E-state index >= 15 is 0 Å². The van der Waals surface area contributed by atoms with E-state index in [0.29, 0.717) is 5.92 Å². The van der Waals surface area contributed by atoms with E-state index in [4.69, 9.17) is 4.74 Å². The fourth-order valence-electron chi connectivity index (χ4n) is 2.72. The molecule has 0 amide bonds. The van der Waals surface area contributed by atoms with Gasteiger partial charge in [-0.15, -0.1) is 0 Å². The third-order valence-electron chi connectivity index (χ3n) is 4.01. The van der Waals surface area contributed by atoms with Gasteiger partial charge in [-0.25, -0.2) is 0 Å². The summed E-state index contributed by atoms with van der Waals surface area (Å²) in [6.45, 7) is 1.59. The lowest BCUT2D eigenvalue weighted by Gasteiger charge is -2.27. The molecule has 2 aliphatic rings. The zero-order valence-corrected chi connectivity index (χ0v) is 10.1. The Kier molecular flexibility index (Phi) is 3.17. The van der Waals surface area contributed by atoms with Gasteiger partial charge in [-0.2, -0.15) is 0 Å². The van der Waals surface area contributed by atoms with Crippen molar-refractivity contribution < 1.29 is 9.84 Å². The molecule has 0 spiro atoms. The van der Waals surface area contributed by atoms with Crippen molar-refractivity contribution in [3.05, 3.63) is 35.4 Å². The van der Waals surface area contributed by atoms with Crippen LogP contribution < -0.4 is 0 Å². The fourth-order valence-corrected chi connectivity index (χ4v) is 2.72. The van der Waals surface area contributed by atoms with E-state index in [1.54, 1.807) is 0 Å². The average Bonchev–Trinajstić information content (AvgIpc) is 3.23. The third kappa shape index (κ3) is 2.53. The lowest BCUT2D eigenvalue weighted by molar-refractivity contribution is 0.00716. The lowest BCUT2D eigenvalue weighted by atomic mass is 9.88. The monoisotopic (exact) mass is 232 g/mol. The van der Waals surface area contributed by atoms with Crippen molar-refractivity contribution in [3.8, 4) is 0 Å². The van der Waals surface area contributed by atoms with Crippen molar-refractivity contribution in [2.75, 3.05) is 13.2 Å². The predicted molar refractivity (Wildman–Crippen MR) is 66.9 cm³/mol. The molecule has 1 aromatic carbocycles. The zero-order valence-electron chi connectivity index (χ0n) is 10.1. The van der Waals surface area contributed by atoms with Crippen LogP contribution in [0.5, 0.6) is 0 Å². The van der Waals surface area contributed by atoms with Crippen LogP contribution in [0.3, 0.4) is 0 Å². The van der Waals surface area contributed by atoms with Gasteiger partial charge < -0.3 is 9.84 Å². The molecule has 0 bridgehead atoms. The smallest absolute Gasteiger partial charge is 0.0820 e. The van der Waals surface area contributed by atoms with Crippen molar-refractivity contribution in [2.45, 2.75) is 37.7 Å². The van der Waals surface area contributed by atoms with E-state index in [1.807, 2.05) is 0 Å². The first kappa shape index (κ1) is 11.2. The molecule has 1 aromatic rings. The van der Waals surface area contributed by atoms with E-state index in [9.17, 15) is 5.11 Å². The number of benzene rings is 1. The molecule has 1 saturated carbocycles. The van der Waals surface area contributed by atoms with Gasteiger partial charge in [-0.1, -0.05) is 24.3 Å². The molecule has 92 valence electrons. The second-order valence-corrected chi connectivity index (χ2v) is 5.34. The Morgan fingerprint density at radius 3 is 2.59 bits per heavy atom. The summed E-state index contributed by atoms with van der Waals surface area (Å²) in [6, 6.07) is 8.55. The number of rotatable bonds is 3. The first-order valence-corrected chi connectivity index (χ1v) is 6.70. The molecular formula is C15H20O2. The second-order valence-electron chi connectivity index (χ2n) is 5.34. The normalized spacial score (nSPS) is 23.6. The van der Waals surface area contributed by atoms with E-state index in [-0.39, 0.29) is 6.10 Å². The summed E-state index contributed by atoms with van der Waals surface area (Å²) in [6.07, 6.45) is 4.29. The molecule has 0 aromatic heterocycles. The van der Waals surface area contributed by atoms with Crippen LogP contribution in [0.4, 0.5) is 0 Å². The summed E-state index contributed by atoms with van der Waals surface area (Å²) in [5, 5.41) is 10.4. The maximum absolute atomic E-state index is 10.4. The first-order chi connectivity index (χ1) is 8.34. The molecule has 1 atom stereocenters. The van der Waals surface area contributed by atoms with Crippen molar-refractivity contribution in [1.29, 1.82) is 0 Å². The summed E-state index contributed by atoms with van der Waals surface area (Å²) >= 11 is 0. The maximum Gasteiger partial charge on any atom is 0.0820 e. The standard InChI is InChI=1S/C15H20O2/c16-15(12-6-8-17-9-7-12)14-3-1-2-13(10-14)11-4-5-11/h1-3,10-12,15-16H,4-9H2. The SMILES string of the molecule is OC(c1cccc(C2CC2)c1)C1CCOCC1. The van der Waals surface area contributed by atoms with Crippen LogP contribution in [0.25, 0.3) is 0 Å². The highest BCUT2D eigenvalue weighted by Crippen LogP contribution is 2.41. The Hall–Kier alpha value is -0.860. The first-order valence-electron chi connectivity index (χ1n) is 6.70. The molecule has 1 heterocycles. The summed E-state index contributed by atoms with van der Waals surface area (Å²) in [7, 11) is 0. The van der Waals surface area contributed by atoms with Gasteiger partial charge in [0.25, 0.3) is 0 Å². The molecular weight excluding hydrogens is 212 g/mol. The summed E-state index contributed by atoms with van der Waals surface area (Å²) < 4.78 is 5.35. The minimum Gasteiger partial charge on any atom is -0.388 e. The van der Waals surface area contributed by atoms with E-state index < -0.39 is 0 Å². The van der Waals surface area contributed by atoms with Gasteiger partial charge in [0.1, 0.15) is 0 Å². The summed E-state index contributed by atoms with van der Waals surface area (Å²) in [5.41, 5.74) is 2.51. The fraction of sp³-hybridized carbons (Fsp3) is 0.600. The van der Waals surface area contributed by atoms with Gasteiger partial charge in [-0.05, 0) is 48.6 Å². The Balaban J connectivity index is 1.74. The average molecular weight is 232 g/mol. The van der Waals surface area contributed by atoms with Gasteiger partial charge in [0.2, 0.25) is 0 Å². The van der Waals surface area contributed by atoms with Crippen molar-refractivity contribution in [2.24, 2.45) is 5.92 Å². The Labute approximate surface area is 103 Å². The van der Waals surface area contributed by atoms with Gasteiger partial charge in [-0.3, -0.25) is 0 Å². The second kappa shape index (κ2) is 4.79. The molecule has 1 aliphatic carbocycles. The molecule has 1 unspecified atom stereocenters. The quantitative estimate of drug-likeness (QED) is 0.868. The summed E-state index contributed by atoms with van der Waals surface area (Å²) in [5.74, 6) is 1.13. The molecule has 2 fully saturated rings. The minimum absolute atomic E-state index is 0.308. The molecule has 0 radical (unpaired) electrons. The number of aliphatic hydroxyl groups excluding tert-OH is 1. The van der Waals surface area contributed by atoms with Crippen LogP contribution in [0.1, 0.15) is 48.8 Å². The molecule has 2 heteroatoms.